The van der Waals surface area contributed by atoms with Gasteiger partial charge in [-0.3, -0.25) is 0 Å². The predicted molar refractivity (Wildman–Crippen MR) is 89.4 cm³/mol. The van der Waals surface area contributed by atoms with E-state index >= 15 is 0 Å². The van der Waals surface area contributed by atoms with Crippen LogP contribution in [0.2, 0.25) is 10.0 Å². The lowest BCUT2D eigenvalue weighted by molar-refractivity contribution is 0.117. The first-order valence-electron chi connectivity index (χ1n) is 6.73. The normalized spacial score (nSPS) is 11.8. The van der Waals surface area contributed by atoms with Crippen LogP contribution in [0.15, 0.2) is 42.5 Å². The van der Waals surface area contributed by atoms with Crippen molar-refractivity contribution in [3.63, 3.8) is 0 Å². The molecule has 4 nitrogen and oxygen atoms in total. The molecule has 2 aromatic carbocycles. The largest absolute Gasteiger partial charge is 0.495 e. The fourth-order valence-corrected chi connectivity index (χ4v) is 2.19. The topological polar surface area (TPSA) is 50.7 Å². The number of ether oxygens (including phenoxy) is 2. The molecule has 0 saturated carbocycles. The highest BCUT2D eigenvalue weighted by molar-refractivity contribution is 6.34. The average Bonchev–Trinajstić information content (AvgIpc) is 2.54. The van der Waals surface area contributed by atoms with Crippen LogP contribution in [0.3, 0.4) is 0 Å². The lowest BCUT2D eigenvalue weighted by Crippen LogP contribution is -2.26. The Morgan fingerprint density at radius 2 is 1.91 bits per heavy atom. The molecule has 0 aliphatic carbocycles. The first-order valence-corrected chi connectivity index (χ1v) is 7.48. The van der Waals surface area contributed by atoms with Gasteiger partial charge in [0.15, 0.2) is 0 Å². The molecule has 0 amide bonds. The van der Waals surface area contributed by atoms with Crippen molar-refractivity contribution < 1.29 is 14.6 Å². The van der Waals surface area contributed by atoms with Crippen LogP contribution in [0, 0.1) is 0 Å². The van der Waals surface area contributed by atoms with Gasteiger partial charge in [-0.1, -0.05) is 35.3 Å². The third kappa shape index (κ3) is 4.70. The molecule has 0 radical (unpaired) electrons. The molecular formula is C16H17Cl2NO3. The van der Waals surface area contributed by atoms with Gasteiger partial charge in [0.2, 0.25) is 0 Å². The molecule has 0 bridgehead atoms. The van der Waals surface area contributed by atoms with E-state index in [4.69, 9.17) is 32.7 Å². The molecule has 0 fully saturated rings. The van der Waals surface area contributed by atoms with Gasteiger partial charge in [-0.2, -0.15) is 0 Å². The predicted octanol–water partition coefficient (Wildman–Crippen LogP) is 3.85. The van der Waals surface area contributed by atoms with Crippen molar-refractivity contribution in [1.29, 1.82) is 0 Å². The summed E-state index contributed by atoms with van der Waals surface area (Å²) in [5.74, 6) is 1.17. The number of hydrogen-bond donors (Lipinski definition) is 2. The summed E-state index contributed by atoms with van der Waals surface area (Å²) in [6.45, 7) is 0.417. The molecule has 0 saturated heterocycles. The molecule has 1 atom stereocenters. The number of nitrogens with one attached hydrogen (secondary N) is 1. The van der Waals surface area contributed by atoms with Crippen molar-refractivity contribution in [3.8, 4) is 11.5 Å². The Bertz CT molecular complexity index is 622. The van der Waals surface area contributed by atoms with E-state index in [0.717, 1.165) is 5.69 Å². The third-order valence-corrected chi connectivity index (χ3v) is 3.51. The SMILES string of the molecule is COc1ccccc1NC[C@H](O)COc1cc(Cl)ccc1Cl. The molecule has 118 valence electrons. The summed E-state index contributed by atoms with van der Waals surface area (Å²) in [6.07, 6.45) is -0.708. The van der Waals surface area contributed by atoms with Crippen LogP contribution in [0.1, 0.15) is 0 Å². The van der Waals surface area contributed by atoms with Gasteiger partial charge in [0, 0.05) is 17.6 Å². The molecule has 0 unspecified atom stereocenters. The summed E-state index contributed by atoms with van der Waals surface area (Å²) in [7, 11) is 1.60. The minimum atomic E-state index is -0.708. The first kappa shape index (κ1) is 16.7. The van der Waals surface area contributed by atoms with Gasteiger partial charge in [-0.05, 0) is 24.3 Å². The molecular weight excluding hydrogens is 325 g/mol. The standard InChI is InChI=1S/C16H17Cl2NO3/c1-21-15-5-3-2-4-14(15)19-9-12(20)10-22-16-8-11(17)6-7-13(16)18/h2-8,12,19-20H,9-10H2,1H3/t12-/m0/s1. The number of aliphatic hydroxyl groups is 1. The third-order valence-electron chi connectivity index (χ3n) is 2.96. The van der Waals surface area contributed by atoms with E-state index in [2.05, 4.69) is 5.32 Å². The maximum absolute atomic E-state index is 9.99. The highest BCUT2D eigenvalue weighted by Gasteiger charge is 2.09. The van der Waals surface area contributed by atoms with E-state index in [1.165, 1.54) is 0 Å². The van der Waals surface area contributed by atoms with E-state index in [1.54, 1.807) is 25.3 Å². The lowest BCUT2D eigenvalue weighted by Gasteiger charge is -2.16. The number of para-hydroxylation sites is 2. The zero-order valence-corrected chi connectivity index (χ0v) is 13.6. The number of aliphatic hydroxyl groups excluding tert-OH is 1. The Balaban J connectivity index is 1.85. The van der Waals surface area contributed by atoms with Gasteiger partial charge in [-0.15, -0.1) is 0 Å². The molecule has 22 heavy (non-hydrogen) atoms. The van der Waals surface area contributed by atoms with Gasteiger partial charge < -0.3 is 19.9 Å². The zero-order valence-electron chi connectivity index (χ0n) is 12.1. The second-order valence-electron chi connectivity index (χ2n) is 4.62. The molecule has 0 aliphatic heterocycles. The van der Waals surface area contributed by atoms with Crippen molar-refractivity contribution in [2.45, 2.75) is 6.10 Å². The van der Waals surface area contributed by atoms with Crippen LogP contribution in [0.4, 0.5) is 5.69 Å². The molecule has 2 rings (SSSR count). The van der Waals surface area contributed by atoms with E-state index in [0.29, 0.717) is 28.1 Å². The second-order valence-corrected chi connectivity index (χ2v) is 5.46. The van der Waals surface area contributed by atoms with Crippen LogP contribution in [0.25, 0.3) is 0 Å². The number of anilines is 1. The van der Waals surface area contributed by atoms with Crippen molar-refractivity contribution in [2.75, 3.05) is 25.6 Å². The fraction of sp³-hybridized carbons (Fsp3) is 0.250. The zero-order chi connectivity index (χ0) is 15.9. The quantitative estimate of drug-likeness (QED) is 0.802. The van der Waals surface area contributed by atoms with Crippen LogP contribution >= 0.6 is 23.2 Å². The fourth-order valence-electron chi connectivity index (χ4n) is 1.85. The minimum absolute atomic E-state index is 0.0994. The van der Waals surface area contributed by atoms with E-state index in [1.807, 2.05) is 24.3 Å². The Hall–Kier alpha value is -1.62. The molecule has 2 N–H and O–H groups in total. The summed E-state index contributed by atoms with van der Waals surface area (Å²) in [5.41, 5.74) is 0.810. The van der Waals surface area contributed by atoms with Gasteiger partial charge >= 0.3 is 0 Å². The Labute approximate surface area is 139 Å². The summed E-state index contributed by atoms with van der Waals surface area (Å²) in [6, 6.07) is 12.4. The van der Waals surface area contributed by atoms with Gasteiger partial charge in [0.05, 0.1) is 17.8 Å². The number of benzene rings is 2. The minimum Gasteiger partial charge on any atom is -0.495 e. The van der Waals surface area contributed by atoms with Crippen LogP contribution in [-0.2, 0) is 0 Å². The van der Waals surface area contributed by atoms with E-state index in [9.17, 15) is 5.11 Å². The van der Waals surface area contributed by atoms with E-state index < -0.39 is 6.10 Å². The summed E-state index contributed by atoms with van der Waals surface area (Å²) in [4.78, 5) is 0. The molecule has 2 aromatic rings. The molecule has 0 spiro atoms. The summed E-state index contributed by atoms with van der Waals surface area (Å²) >= 11 is 11.9. The Kier molecular flexibility index (Phi) is 6.19. The number of rotatable bonds is 7. The number of hydrogen-bond acceptors (Lipinski definition) is 4. The lowest BCUT2D eigenvalue weighted by atomic mass is 10.2. The van der Waals surface area contributed by atoms with Crippen molar-refractivity contribution in [2.24, 2.45) is 0 Å². The monoisotopic (exact) mass is 341 g/mol. The van der Waals surface area contributed by atoms with Crippen LogP contribution < -0.4 is 14.8 Å². The van der Waals surface area contributed by atoms with Gasteiger partial charge in [0.25, 0.3) is 0 Å². The Morgan fingerprint density at radius 3 is 2.68 bits per heavy atom. The van der Waals surface area contributed by atoms with Gasteiger partial charge in [0.1, 0.15) is 24.2 Å². The second kappa shape index (κ2) is 8.13. The first-order chi connectivity index (χ1) is 10.6. The van der Waals surface area contributed by atoms with Crippen molar-refractivity contribution in [3.05, 3.63) is 52.5 Å². The summed E-state index contributed by atoms with van der Waals surface area (Å²) < 4.78 is 10.7. The maximum Gasteiger partial charge on any atom is 0.141 e. The van der Waals surface area contributed by atoms with Crippen LogP contribution in [0.5, 0.6) is 11.5 Å². The number of methoxy groups -OCH3 is 1. The van der Waals surface area contributed by atoms with Crippen molar-refractivity contribution in [1.82, 2.24) is 0 Å². The van der Waals surface area contributed by atoms with Gasteiger partial charge in [-0.25, -0.2) is 0 Å². The number of halogens is 2. The smallest absolute Gasteiger partial charge is 0.141 e. The average molecular weight is 342 g/mol. The molecule has 0 aliphatic rings. The maximum atomic E-state index is 9.99. The Morgan fingerprint density at radius 1 is 1.14 bits per heavy atom. The molecule has 6 heteroatoms. The summed E-state index contributed by atoms with van der Waals surface area (Å²) in [5, 5.41) is 14.1. The highest BCUT2D eigenvalue weighted by Crippen LogP contribution is 2.28. The molecule has 0 heterocycles. The van der Waals surface area contributed by atoms with E-state index in [-0.39, 0.29) is 6.61 Å². The van der Waals surface area contributed by atoms with Crippen molar-refractivity contribution >= 4 is 28.9 Å². The molecule has 0 aromatic heterocycles. The highest BCUT2D eigenvalue weighted by atomic mass is 35.5. The van der Waals surface area contributed by atoms with Crippen LogP contribution in [-0.4, -0.2) is 31.5 Å².